The molecule has 4 heteroatoms. The van der Waals surface area contributed by atoms with Gasteiger partial charge in [0.15, 0.2) is 0 Å². The molecule has 0 saturated heterocycles. The Kier molecular flexibility index (Phi) is 2.47. The van der Waals surface area contributed by atoms with E-state index in [0.29, 0.717) is 17.1 Å². The Labute approximate surface area is 93.4 Å². The van der Waals surface area contributed by atoms with Crippen LogP contribution in [0.3, 0.4) is 0 Å². The van der Waals surface area contributed by atoms with E-state index in [2.05, 4.69) is 6.07 Å². The lowest BCUT2D eigenvalue weighted by atomic mass is 9.95. The summed E-state index contributed by atoms with van der Waals surface area (Å²) in [7, 11) is 2.93. The number of nitriles is 1. The van der Waals surface area contributed by atoms with E-state index in [-0.39, 0.29) is 0 Å². The third-order valence-corrected chi connectivity index (χ3v) is 2.91. The minimum absolute atomic E-state index is 0.385. The first-order valence-corrected chi connectivity index (χ1v) is 5.00. The van der Waals surface area contributed by atoms with E-state index in [4.69, 9.17) is 14.7 Å². The first-order chi connectivity index (χ1) is 7.66. The van der Waals surface area contributed by atoms with Crippen LogP contribution < -0.4 is 9.47 Å². The van der Waals surface area contributed by atoms with Gasteiger partial charge in [-0.25, -0.2) is 4.39 Å². The molecule has 0 atom stereocenters. The van der Waals surface area contributed by atoms with Crippen LogP contribution in [0.2, 0.25) is 0 Å². The van der Waals surface area contributed by atoms with E-state index in [0.717, 1.165) is 12.8 Å². The Morgan fingerprint density at radius 3 is 2.06 bits per heavy atom. The molecular formula is C12H12FNO2. The number of hydrogen-bond donors (Lipinski definition) is 0. The van der Waals surface area contributed by atoms with Gasteiger partial charge in [0.25, 0.3) is 0 Å². The Morgan fingerprint density at radius 2 is 1.75 bits per heavy atom. The second kappa shape index (κ2) is 3.67. The lowest BCUT2D eigenvalue weighted by molar-refractivity contribution is 0.376. The van der Waals surface area contributed by atoms with Gasteiger partial charge in [-0.1, -0.05) is 0 Å². The molecule has 0 radical (unpaired) electrons. The Hall–Kier alpha value is -1.76. The van der Waals surface area contributed by atoms with E-state index in [1.807, 2.05) is 0 Å². The molecule has 1 aromatic rings. The van der Waals surface area contributed by atoms with Crippen molar-refractivity contribution in [2.75, 3.05) is 14.2 Å². The van der Waals surface area contributed by atoms with Crippen LogP contribution in [0.15, 0.2) is 12.1 Å². The second-order valence-corrected chi connectivity index (χ2v) is 3.88. The number of ether oxygens (including phenoxy) is 2. The number of methoxy groups -OCH3 is 2. The fourth-order valence-corrected chi connectivity index (χ4v) is 1.89. The zero-order chi connectivity index (χ0) is 11.8. The summed E-state index contributed by atoms with van der Waals surface area (Å²) in [5, 5.41) is 9.16. The monoisotopic (exact) mass is 221 g/mol. The van der Waals surface area contributed by atoms with Crippen molar-refractivity contribution in [3.63, 3.8) is 0 Å². The third kappa shape index (κ3) is 1.49. The van der Waals surface area contributed by atoms with Crippen molar-refractivity contribution in [3.8, 4) is 17.6 Å². The summed E-state index contributed by atoms with van der Waals surface area (Å²) in [6, 6.07) is 4.83. The highest BCUT2D eigenvalue weighted by Gasteiger charge is 2.49. The molecule has 84 valence electrons. The molecule has 2 rings (SSSR count). The highest BCUT2D eigenvalue weighted by Crippen LogP contribution is 2.54. The molecule has 1 saturated carbocycles. The number of benzene rings is 1. The van der Waals surface area contributed by atoms with Crippen LogP contribution >= 0.6 is 0 Å². The molecule has 0 bridgehead atoms. The van der Waals surface area contributed by atoms with Gasteiger partial charge in [0, 0.05) is 12.1 Å². The molecule has 1 aromatic carbocycles. The molecule has 0 N–H and O–H groups in total. The lowest BCUT2D eigenvalue weighted by Crippen LogP contribution is -2.08. The Balaban J connectivity index is 2.62. The number of halogens is 1. The number of hydrogen-bond acceptors (Lipinski definition) is 3. The molecular weight excluding hydrogens is 209 g/mol. The van der Waals surface area contributed by atoms with Gasteiger partial charge in [0.2, 0.25) is 0 Å². The summed E-state index contributed by atoms with van der Waals surface area (Å²) < 4.78 is 23.5. The third-order valence-electron chi connectivity index (χ3n) is 2.91. The van der Waals surface area contributed by atoms with Crippen LogP contribution in [-0.4, -0.2) is 14.2 Å². The fraction of sp³-hybridized carbons (Fsp3) is 0.417. The van der Waals surface area contributed by atoms with Crippen LogP contribution in [-0.2, 0) is 5.41 Å². The van der Waals surface area contributed by atoms with E-state index in [1.165, 1.54) is 26.4 Å². The Morgan fingerprint density at radius 1 is 1.25 bits per heavy atom. The van der Waals surface area contributed by atoms with Crippen molar-refractivity contribution in [1.29, 1.82) is 5.26 Å². The van der Waals surface area contributed by atoms with E-state index >= 15 is 0 Å². The molecule has 0 heterocycles. The Bertz CT molecular complexity index is 436. The lowest BCUT2D eigenvalue weighted by Gasteiger charge is -2.16. The number of rotatable bonds is 3. The smallest absolute Gasteiger partial charge is 0.130 e. The molecule has 3 nitrogen and oxygen atoms in total. The SMILES string of the molecule is COc1cc(F)cc(OC)c1C1(C#N)CC1. The van der Waals surface area contributed by atoms with E-state index in [9.17, 15) is 4.39 Å². The summed E-state index contributed by atoms with van der Waals surface area (Å²) in [5.41, 5.74) is 0.117. The van der Waals surface area contributed by atoms with Crippen LogP contribution in [0, 0.1) is 17.1 Å². The van der Waals surface area contributed by atoms with Crippen molar-refractivity contribution >= 4 is 0 Å². The van der Waals surface area contributed by atoms with Crippen LogP contribution in [0.4, 0.5) is 4.39 Å². The van der Waals surface area contributed by atoms with Gasteiger partial charge in [0.1, 0.15) is 17.3 Å². The minimum Gasteiger partial charge on any atom is -0.496 e. The molecule has 0 unspecified atom stereocenters. The zero-order valence-corrected chi connectivity index (χ0v) is 9.21. The van der Waals surface area contributed by atoms with Crippen LogP contribution in [0.5, 0.6) is 11.5 Å². The molecule has 1 fully saturated rings. The second-order valence-electron chi connectivity index (χ2n) is 3.88. The molecule has 1 aliphatic rings. The van der Waals surface area contributed by atoms with Gasteiger partial charge < -0.3 is 9.47 Å². The van der Waals surface area contributed by atoms with E-state index < -0.39 is 11.2 Å². The zero-order valence-electron chi connectivity index (χ0n) is 9.21. The highest BCUT2D eigenvalue weighted by atomic mass is 19.1. The van der Waals surface area contributed by atoms with Crippen molar-refractivity contribution in [2.45, 2.75) is 18.3 Å². The van der Waals surface area contributed by atoms with Gasteiger partial charge in [-0.05, 0) is 12.8 Å². The fourth-order valence-electron chi connectivity index (χ4n) is 1.89. The first kappa shape index (κ1) is 10.7. The van der Waals surface area contributed by atoms with Crippen LogP contribution in [0.1, 0.15) is 18.4 Å². The molecule has 1 aliphatic carbocycles. The summed E-state index contributed by atoms with van der Waals surface area (Å²) in [5.74, 6) is 0.345. The first-order valence-electron chi connectivity index (χ1n) is 5.00. The minimum atomic E-state index is -0.551. The van der Waals surface area contributed by atoms with Crippen LogP contribution in [0.25, 0.3) is 0 Å². The highest BCUT2D eigenvalue weighted by molar-refractivity contribution is 5.56. The summed E-state index contributed by atoms with van der Waals surface area (Å²) in [6.07, 6.45) is 1.53. The predicted molar refractivity (Wildman–Crippen MR) is 56.0 cm³/mol. The van der Waals surface area contributed by atoms with Crippen molar-refractivity contribution in [3.05, 3.63) is 23.5 Å². The normalized spacial score (nSPS) is 16.4. The topological polar surface area (TPSA) is 42.2 Å². The number of nitrogens with zero attached hydrogens (tertiary/aromatic N) is 1. The van der Waals surface area contributed by atoms with Crippen molar-refractivity contribution in [1.82, 2.24) is 0 Å². The van der Waals surface area contributed by atoms with E-state index in [1.54, 1.807) is 0 Å². The standard InChI is InChI=1S/C12H12FNO2/c1-15-9-5-8(13)6-10(16-2)11(9)12(7-14)3-4-12/h5-6H,3-4H2,1-2H3. The average molecular weight is 221 g/mol. The molecule has 16 heavy (non-hydrogen) atoms. The molecule has 0 aromatic heterocycles. The quantitative estimate of drug-likeness (QED) is 0.787. The van der Waals surface area contributed by atoms with Gasteiger partial charge in [-0.2, -0.15) is 5.26 Å². The van der Waals surface area contributed by atoms with Crippen molar-refractivity contribution in [2.24, 2.45) is 0 Å². The predicted octanol–water partition coefficient (Wildman–Crippen LogP) is 2.40. The van der Waals surface area contributed by atoms with Gasteiger partial charge in [-0.3, -0.25) is 0 Å². The maximum Gasteiger partial charge on any atom is 0.130 e. The van der Waals surface area contributed by atoms with Gasteiger partial charge in [0.05, 0.1) is 31.3 Å². The van der Waals surface area contributed by atoms with Crippen molar-refractivity contribution < 1.29 is 13.9 Å². The average Bonchev–Trinajstić information content (AvgIpc) is 3.08. The maximum atomic E-state index is 13.3. The molecule has 0 aliphatic heterocycles. The summed E-state index contributed by atoms with van der Waals surface area (Å²) in [4.78, 5) is 0. The molecule has 0 spiro atoms. The largest absolute Gasteiger partial charge is 0.496 e. The summed E-state index contributed by atoms with van der Waals surface area (Å²) in [6.45, 7) is 0. The van der Waals surface area contributed by atoms with Gasteiger partial charge >= 0.3 is 0 Å². The molecule has 0 amide bonds. The van der Waals surface area contributed by atoms with Gasteiger partial charge in [-0.15, -0.1) is 0 Å². The summed E-state index contributed by atoms with van der Waals surface area (Å²) >= 11 is 0. The maximum absolute atomic E-state index is 13.3.